The topological polar surface area (TPSA) is 152 Å². The van der Waals surface area contributed by atoms with Crippen LogP contribution >= 0.6 is 0 Å². The van der Waals surface area contributed by atoms with Crippen molar-refractivity contribution < 1.29 is 32.6 Å². The van der Waals surface area contributed by atoms with E-state index in [4.69, 9.17) is 10.5 Å². The van der Waals surface area contributed by atoms with Crippen molar-refractivity contribution >= 4 is 23.6 Å². The lowest BCUT2D eigenvalue weighted by Gasteiger charge is -2.39. The predicted molar refractivity (Wildman–Crippen MR) is 185 cm³/mol. The second-order valence-electron chi connectivity index (χ2n) is 13.2. The number of alkyl halides is 3. The first-order valence-corrected chi connectivity index (χ1v) is 16.9. The van der Waals surface area contributed by atoms with E-state index in [1.54, 1.807) is 60.5 Å². The molecule has 6 rings (SSSR count). The van der Waals surface area contributed by atoms with Crippen LogP contribution in [-0.2, 0) is 4.79 Å². The Morgan fingerprint density at radius 2 is 1.75 bits per heavy atom. The number of piperidine rings is 1. The number of hydrogen-bond acceptors (Lipinski definition) is 9. The highest BCUT2D eigenvalue weighted by molar-refractivity contribution is 5.94. The number of anilines is 2. The van der Waals surface area contributed by atoms with Gasteiger partial charge in [0.2, 0.25) is 17.9 Å². The molecule has 15 heteroatoms. The minimum Gasteiger partial charge on any atom is -0.480 e. The molecule has 0 radical (unpaired) electrons. The van der Waals surface area contributed by atoms with E-state index in [0.29, 0.717) is 80.2 Å². The quantitative estimate of drug-likeness (QED) is 0.195. The molecule has 0 aliphatic carbocycles. The van der Waals surface area contributed by atoms with Crippen LogP contribution in [-0.4, -0.2) is 86.6 Å². The summed E-state index contributed by atoms with van der Waals surface area (Å²) in [4.78, 5) is 36.2. The van der Waals surface area contributed by atoms with Crippen LogP contribution in [0.15, 0.2) is 60.8 Å². The smallest absolute Gasteiger partial charge is 0.429 e. The number of carbonyl (C=O) groups is 2. The van der Waals surface area contributed by atoms with Gasteiger partial charge in [-0.25, -0.2) is 4.68 Å². The van der Waals surface area contributed by atoms with Crippen molar-refractivity contribution in [1.29, 1.82) is 0 Å². The third-order valence-corrected chi connectivity index (χ3v) is 9.85. The minimum atomic E-state index is -4.86. The van der Waals surface area contributed by atoms with E-state index in [1.165, 1.54) is 16.8 Å². The summed E-state index contributed by atoms with van der Waals surface area (Å²) < 4.78 is 51.9. The van der Waals surface area contributed by atoms with Crippen LogP contribution in [0.3, 0.4) is 0 Å². The molecule has 2 aromatic heterocycles. The summed E-state index contributed by atoms with van der Waals surface area (Å²) in [5.74, 6) is -1.23. The summed E-state index contributed by atoms with van der Waals surface area (Å²) in [6, 6.07) is 14.0. The molecule has 1 spiro atoms. The number of ether oxygens (including phenoxy) is 1. The van der Waals surface area contributed by atoms with Crippen LogP contribution in [0.1, 0.15) is 60.8 Å². The van der Waals surface area contributed by atoms with Gasteiger partial charge in [0, 0.05) is 56.1 Å². The fourth-order valence-electron chi connectivity index (χ4n) is 6.95. The van der Waals surface area contributed by atoms with Crippen molar-refractivity contribution in [3.05, 3.63) is 77.6 Å². The van der Waals surface area contributed by atoms with Crippen molar-refractivity contribution in [1.82, 2.24) is 30.0 Å². The van der Waals surface area contributed by atoms with Crippen molar-refractivity contribution in [3.63, 3.8) is 0 Å². The Kier molecular flexibility index (Phi) is 9.93. The zero-order chi connectivity index (χ0) is 36.5. The van der Waals surface area contributed by atoms with Gasteiger partial charge in [-0.3, -0.25) is 9.59 Å². The third kappa shape index (κ3) is 7.62. The van der Waals surface area contributed by atoms with Gasteiger partial charge in [-0.05, 0) is 80.8 Å². The fraction of sp³-hybridized carbons (Fsp3) is 0.417. The van der Waals surface area contributed by atoms with Gasteiger partial charge in [0.1, 0.15) is 11.9 Å². The number of hydrogen-bond donors (Lipinski definition) is 3. The Hall–Kier alpha value is -5.18. The number of carbonyl (C=O) groups excluding carboxylic acids is 1. The van der Waals surface area contributed by atoms with Gasteiger partial charge < -0.3 is 30.7 Å². The zero-order valence-corrected chi connectivity index (χ0v) is 28.7. The number of carboxylic acids is 1. The number of nitrogens with zero attached hydrogens (tertiary/aromatic N) is 6. The highest BCUT2D eigenvalue weighted by Gasteiger charge is 2.46. The van der Waals surface area contributed by atoms with Gasteiger partial charge in [-0.1, -0.05) is 24.3 Å². The number of amides is 1. The van der Waals surface area contributed by atoms with Crippen LogP contribution in [0.4, 0.5) is 24.9 Å². The molecule has 2 aliphatic rings. The van der Waals surface area contributed by atoms with Gasteiger partial charge in [0.05, 0.1) is 11.4 Å². The van der Waals surface area contributed by atoms with E-state index >= 15 is 0 Å². The summed E-state index contributed by atoms with van der Waals surface area (Å²) in [5, 5.41) is 16.9. The number of benzene rings is 2. The Balaban J connectivity index is 1.29. The summed E-state index contributed by atoms with van der Waals surface area (Å²) in [6.07, 6.45) is -3.84. The standard InChI is InChI=1S/C36H41F3N8O4/c1-4-45(5-2)32(48)24-8-6-23(7-9-24)25-10-11-26(28(18-25)47-15-12-22(3)44-47)31(36(37,38)39)51-30-19-29(42-34(40)43-30)46-16-13-35(14-17-46)20-27(33(49)50)41-21-35/h6-12,15,18-19,27,31,41H,4-5,13-14,16-17,20-21H2,1-3H3,(H,49,50)(H2,40,42,43)/t27-,31+/m0/s1. The number of carboxylic acid groups (broad SMARTS) is 1. The number of aromatic nitrogens is 4. The molecule has 4 aromatic rings. The van der Waals surface area contributed by atoms with Crippen molar-refractivity contribution in [2.45, 2.75) is 58.4 Å². The molecule has 4 heterocycles. The molecule has 12 nitrogen and oxygen atoms in total. The molecule has 2 aliphatic heterocycles. The SMILES string of the molecule is CCN(CC)C(=O)c1ccc(-c2ccc([C@@H](Oc3cc(N4CCC5(CC4)CN[C@H](C(=O)O)C5)nc(N)n3)C(F)(F)F)c(-n3ccc(C)n3)c2)cc1. The second-order valence-corrected chi connectivity index (χ2v) is 13.2. The summed E-state index contributed by atoms with van der Waals surface area (Å²) in [7, 11) is 0. The number of halogens is 3. The molecule has 2 aromatic carbocycles. The van der Waals surface area contributed by atoms with Crippen molar-refractivity contribution in [2.24, 2.45) is 5.41 Å². The molecule has 4 N–H and O–H groups in total. The van der Waals surface area contributed by atoms with Gasteiger partial charge in [-0.2, -0.15) is 28.2 Å². The first-order chi connectivity index (χ1) is 24.3. The maximum atomic E-state index is 14.9. The molecular formula is C36H41F3N8O4. The van der Waals surface area contributed by atoms with Crippen LogP contribution < -0.4 is 20.7 Å². The van der Waals surface area contributed by atoms with Crippen LogP contribution in [0, 0.1) is 12.3 Å². The number of rotatable bonds is 10. The van der Waals surface area contributed by atoms with Crippen LogP contribution in [0.5, 0.6) is 5.88 Å². The average molecular weight is 707 g/mol. The molecule has 0 unspecified atom stereocenters. The fourth-order valence-corrected chi connectivity index (χ4v) is 6.95. The lowest BCUT2D eigenvalue weighted by molar-refractivity contribution is -0.198. The summed E-state index contributed by atoms with van der Waals surface area (Å²) in [5.41, 5.74) is 8.24. The predicted octanol–water partition coefficient (Wildman–Crippen LogP) is 5.42. The molecule has 1 amide bonds. The monoisotopic (exact) mass is 706 g/mol. The summed E-state index contributed by atoms with van der Waals surface area (Å²) >= 11 is 0. The van der Waals surface area contributed by atoms with Crippen LogP contribution in [0.2, 0.25) is 0 Å². The maximum absolute atomic E-state index is 14.9. The second kappa shape index (κ2) is 14.2. The van der Waals surface area contributed by atoms with Gasteiger partial charge >= 0.3 is 12.1 Å². The Labute approximate surface area is 293 Å². The molecule has 270 valence electrons. The van der Waals surface area contributed by atoms with Gasteiger partial charge in [0.25, 0.3) is 5.91 Å². The summed E-state index contributed by atoms with van der Waals surface area (Å²) in [6.45, 7) is 8.32. The maximum Gasteiger partial charge on any atom is 0.429 e. The van der Waals surface area contributed by atoms with Crippen molar-refractivity contribution in [2.75, 3.05) is 43.4 Å². The molecular weight excluding hydrogens is 665 g/mol. The Bertz CT molecular complexity index is 1890. The van der Waals surface area contributed by atoms with E-state index in [0.717, 1.165) is 0 Å². The van der Waals surface area contributed by atoms with E-state index < -0.39 is 24.3 Å². The van der Waals surface area contributed by atoms with E-state index in [-0.39, 0.29) is 34.4 Å². The van der Waals surface area contributed by atoms with Crippen molar-refractivity contribution in [3.8, 4) is 22.7 Å². The highest BCUT2D eigenvalue weighted by Crippen LogP contribution is 2.43. The van der Waals surface area contributed by atoms with Gasteiger partial charge in [0.15, 0.2) is 0 Å². The first kappa shape index (κ1) is 35.6. The number of nitrogens with two attached hydrogens (primary N) is 1. The molecule has 2 atom stereocenters. The molecule has 0 bridgehead atoms. The lowest BCUT2D eigenvalue weighted by atomic mass is 9.76. The van der Waals surface area contributed by atoms with E-state index in [2.05, 4.69) is 20.4 Å². The molecule has 2 saturated heterocycles. The van der Waals surface area contributed by atoms with E-state index in [9.17, 15) is 27.9 Å². The van der Waals surface area contributed by atoms with Gasteiger partial charge in [-0.15, -0.1) is 0 Å². The molecule has 51 heavy (non-hydrogen) atoms. The lowest BCUT2D eigenvalue weighted by Crippen LogP contribution is -2.41. The zero-order valence-electron chi connectivity index (χ0n) is 28.7. The van der Waals surface area contributed by atoms with Crippen LogP contribution in [0.25, 0.3) is 16.8 Å². The average Bonchev–Trinajstić information content (AvgIpc) is 3.73. The number of nitrogen functional groups attached to an aromatic ring is 1. The first-order valence-electron chi connectivity index (χ1n) is 16.9. The van der Waals surface area contributed by atoms with E-state index in [1.807, 2.05) is 18.7 Å². The normalized spacial score (nSPS) is 17.8. The number of nitrogens with one attached hydrogen (secondary N) is 1. The molecule has 0 saturated carbocycles. The minimum absolute atomic E-state index is 0.0996. The number of aryl methyl sites for hydroxylation is 1. The molecule has 2 fully saturated rings. The Morgan fingerprint density at radius 3 is 2.33 bits per heavy atom. The Morgan fingerprint density at radius 1 is 1.06 bits per heavy atom. The third-order valence-electron chi connectivity index (χ3n) is 9.85. The highest BCUT2D eigenvalue weighted by atomic mass is 19.4. The largest absolute Gasteiger partial charge is 0.480 e. The number of aliphatic carboxylic acids is 1.